The molecule has 0 bridgehead atoms. The van der Waals surface area contributed by atoms with Crippen LogP contribution in [0.15, 0.2) is 53.1 Å². The molecule has 0 fully saturated rings. The zero-order chi connectivity index (χ0) is 19.2. The Kier molecular flexibility index (Phi) is 8.64. The third kappa shape index (κ3) is 4.30. The van der Waals surface area contributed by atoms with Crippen molar-refractivity contribution < 1.29 is 21.6 Å². The van der Waals surface area contributed by atoms with Gasteiger partial charge in [-0.3, -0.25) is 0 Å². The third-order valence-electron chi connectivity index (χ3n) is 5.97. The van der Waals surface area contributed by atoms with Crippen LogP contribution in [0.1, 0.15) is 54.0 Å². The van der Waals surface area contributed by atoms with Crippen LogP contribution in [0.2, 0.25) is 3.72 Å². The molecule has 0 aromatic heterocycles. The summed E-state index contributed by atoms with van der Waals surface area (Å²) in [5.41, 5.74) is 7.35. The Labute approximate surface area is 189 Å². The van der Waals surface area contributed by atoms with Crippen LogP contribution in [-0.4, -0.2) is 7.11 Å². The molecule has 153 valence electrons. The van der Waals surface area contributed by atoms with Gasteiger partial charge in [-0.1, -0.05) is 0 Å². The second-order valence-corrected chi connectivity index (χ2v) is 13.3. The van der Waals surface area contributed by atoms with E-state index in [-0.39, 0.29) is 28.5 Å². The first-order valence-electron chi connectivity index (χ1n) is 9.51. The van der Waals surface area contributed by atoms with E-state index < -0.39 is 18.3 Å². The zero-order valence-electron chi connectivity index (χ0n) is 18.3. The number of benzene rings is 2. The second kappa shape index (κ2) is 9.50. The summed E-state index contributed by atoms with van der Waals surface area (Å²) < 4.78 is 7.95. The molecule has 0 saturated carbocycles. The first-order valence-corrected chi connectivity index (χ1v) is 11.7. The van der Waals surface area contributed by atoms with E-state index in [4.69, 9.17) is 3.32 Å². The molecule has 0 aliphatic heterocycles. The van der Waals surface area contributed by atoms with Crippen molar-refractivity contribution in [2.24, 2.45) is 5.92 Å². The third-order valence-corrected chi connectivity index (χ3v) is 10.3. The molecule has 1 unspecified atom stereocenters. The normalized spacial score (nSPS) is 16.9. The predicted molar refractivity (Wildman–Crippen MR) is 125 cm³/mol. The van der Waals surface area contributed by atoms with E-state index in [2.05, 4.69) is 84.9 Å². The van der Waals surface area contributed by atoms with Crippen LogP contribution >= 0.6 is 24.8 Å². The van der Waals surface area contributed by atoms with Crippen LogP contribution in [0.4, 0.5) is 0 Å². The molecule has 0 heterocycles. The standard InChI is InChI=1S/C19H19.C4H9.CH3O.2ClH.Ti/c1-12-13(2)15(4)19(14(12)3)18-10-9-16-7-5-6-8-17(16)11-18;1-4(2)3;1-2;;;/h5-10,14H,1-4H3;1-3H3;1H3;2*1H;/q;;-1;;;+1. The van der Waals surface area contributed by atoms with Gasteiger partial charge in [-0.25, -0.2) is 0 Å². The Morgan fingerprint density at radius 1 is 0.893 bits per heavy atom. The number of fused-ring (bicyclic) bond motifs is 1. The number of hydrogen-bond donors (Lipinski definition) is 0. The average Bonchev–Trinajstić information content (AvgIpc) is 2.78. The summed E-state index contributed by atoms with van der Waals surface area (Å²) in [6.45, 7) is 16.2. The minimum absolute atomic E-state index is 0. The van der Waals surface area contributed by atoms with Crippen molar-refractivity contribution in [2.45, 2.75) is 52.2 Å². The van der Waals surface area contributed by atoms with Crippen molar-refractivity contribution in [3.05, 3.63) is 58.7 Å². The van der Waals surface area contributed by atoms with E-state index in [9.17, 15) is 0 Å². The number of hydrogen-bond acceptors (Lipinski definition) is 1. The smallest absolute Gasteiger partial charge is 0.147 e. The SMILES string of the molecule is C[O][Ti]([c]1c(C2=C(C)C(C)=C(C)C2C)ccc2ccccc12)[C](C)(C)C.Cl.Cl. The Morgan fingerprint density at radius 2 is 1.50 bits per heavy atom. The zero-order valence-corrected chi connectivity index (χ0v) is 21.5. The van der Waals surface area contributed by atoms with Crippen LogP contribution in [0.5, 0.6) is 0 Å². The van der Waals surface area contributed by atoms with Gasteiger partial charge in [0.1, 0.15) is 0 Å². The van der Waals surface area contributed by atoms with Crippen LogP contribution in [0.3, 0.4) is 0 Å². The summed E-state index contributed by atoms with van der Waals surface area (Å²) in [6, 6.07) is 13.5. The molecule has 0 N–H and O–H groups in total. The van der Waals surface area contributed by atoms with Gasteiger partial charge in [0.15, 0.2) is 0 Å². The quantitative estimate of drug-likeness (QED) is 0.436. The summed E-state index contributed by atoms with van der Waals surface area (Å²) in [5.74, 6) is 0.478. The van der Waals surface area contributed by atoms with Gasteiger partial charge in [0.25, 0.3) is 0 Å². The van der Waals surface area contributed by atoms with Crippen molar-refractivity contribution in [2.75, 3.05) is 7.11 Å². The molecule has 2 aromatic rings. The van der Waals surface area contributed by atoms with Crippen molar-refractivity contribution >= 4 is 45.0 Å². The van der Waals surface area contributed by atoms with Crippen LogP contribution in [0, 0.1) is 5.92 Å². The van der Waals surface area contributed by atoms with Crippen molar-refractivity contribution in [3.63, 3.8) is 0 Å². The van der Waals surface area contributed by atoms with Gasteiger partial charge >= 0.3 is 166 Å². The van der Waals surface area contributed by atoms with E-state index >= 15 is 0 Å². The van der Waals surface area contributed by atoms with E-state index in [0.29, 0.717) is 5.92 Å². The van der Waals surface area contributed by atoms with Gasteiger partial charge in [-0.15, -0.1) is 24.8 Å². The minimum Gasteiger partial charge on any atom is -0.147 e. The van der Waals surface area contributed by atoms with Gasteiger partial charge in [0.05, 0.1) is 0 Å². The average molecular weight is 456 g/mol. The first kappa shape index (κ1) is 25.5. The maximum absolute atomic E-state index is 6.26. The van der Waals surface area contributed by atoms with Gasteiger partial charge in [0, 0.05) is 0 Å². The monoisotopic (exact) mass is 455 g/mol. The minimum atomic E-state index is -1.99. The van der Waals surface area contributed by atoms with Gasteiger partial charge in [0.2, 0.25) is 0 Å². The Bertz CT molecular complexity index is 922. The summed E-state index contributed by atoms with van der Waals surface area (Å²) >= 11 is -1.99. The Morgan fingerprint density at radius 3 is 2.00 bits per heavy atom. The molecule has 0 spiro atoms. The molecule has 0 radical (unpaired) electrons. The summed E-state index contributed by atoms with van der Waals surface area (Å²) in [6.07, 6.45) is 0. The molecular formula is C24H33Cl2OTi. The molecule has 1 aliphatic carbocycles. The fraction of sp³-hybridized carbons (Fsp3) is 0.417. The molecule has 1 nitrogen and oxygen atoms in total. The van der Waals surface area contributed by atoms with Crippen LogP contribution in [0.25, 0.3) is 16.3 Å². The molecule has 3 rings (SSSR count). The molecule has 0 amide bonds. The van der Waals surface area contributed by atoms with Gasteiger partial charge in [-0.2, -0.15) is 0 Å². The van der Waals surface area contributed by atoms with E-state index in [1.807, 2.05) is 7.11 Å². The van der Waals surface area contributed by atoms with Crippen LogP contribution < -0.4 is 3.87 Å². The van der Waals surface area contributed by atoms with E-state index in [0.717, 1.165) is 0 Å². The van der Waals surface area contributed by atoms with Crippen molar-refractivity contribution in [3.8, 4) is 0 Å². The molecular weight excluding hydrogens is 423 g/mol. The number of rotatable bonds is 3. The van der Waals surface area contributed by atoms with Gasteiger partial charge in [-0.05, 0) is 0 Å². The molecule has 1 aliphatic rings. The maximum atomic E-state index is 6.26. The van der Waals surface area contributed by atoms with E-state index in [1.165, 1.54) is 42.5 Å². The number of halogens is 2. The van der Waals surface area contributed by atoms with Crippen LogP contribution in [-0.2, 0) is 21.6 Å². The predicted octanol–water partition coefficient (Wildman–Crippen LogP) is 7.47. The molecule has 1 atom stereocenters. The summed E-state index contributed by atoms with van der Waals surface area (Å²) in [7, 11) is 1.92. The summed E-state index contributed by atoms with van der Waals surface area (Å²) in [5, 5.41) is 2.70. The largest absolute Gasteiger partial charge is 0.147 e. The first-order chi connectivity index (χ1) is 12.2. The van der Waals surface area contributed by atoms with Gasteiger partial charge < -0.3 is 0 Å². The maximum Gasteiger partial charge on any atom is -0.147 e. The van der Waals surface area contributed by atoms with E-state index in [1.54, 1.807) is 0 Å². The fourth-order valence-corrected chi connectivity index (χ4v) is 8.23. The topological polar surface area (TPSA) is 9.23 Å². The molecule has 0 saturated heterocycles. The Hall–Kier alpha value is -0.566. The molecule has 2 aromatic carbocycles. The van der Waals surface area contributed by atoms with Crippen molar-refractivity contribution in [1.29, 1.82) is 0 Å². The van der Waals surface area contributed by atoms with Crippen molar-refractivity contribution in [1.82, 2.24) is 0 Å². The fourth-order valence-electron chi connectivity index (χ4n) is 4.32. The second-order valence-electron chi connectivity index (χ2n) is 8.56. The summed E-state index contributed by atoms with van der Waals surface area (Å²) in [4.78, 5) is 0. The Balaban J connectivity index is 0.00000196. The molecule has 28 heavy (non-hydrogen) atoms. The molecule has 4 heteroatoms. The number of allylic oxidation sites excluding steroid dienone is 4.